The van der Waals surface area contributed by atoms with Crippen LogP contribution in [-0.4, -0.2) is 9.97 Å². The van der Waals surface area contributed by atoms with Gasteiger partial charge in [0.05, 0.1) is 12.0 Å². The number of aryl methyl sites for hydroxylation is 1. The Balaban J connectivity index is 1.85. The minimum atomic E-state index is 1.14. The summed E-state index contributed by atoms with van der Waals surface area (Å²) in [6, 6.07) is 0. The van der Waals surface area contributed by atoms with Gasteiger partial charge < -0.3 is 4.98 Å². The van der Waals surface area contributed by atoms with E-state index in [1.54, 1.807) is 6.33 Å². The summed E-state index contributed by atoms with van der Waals surface area (Å²) in [7, 11) is 0. The SMILES string of the molecule is CCCCCCCCCc1c[nH]cn1. The van der Waals surface area contributed by atoms with E-state index in [2.05, 4.69) is 16.9 Å². The number of hydrogen-bond donors (Lipinski definition) is 1. The average molecular weight is 194 g/mol. The predicted octanol–water partition coefficient (Wildman–Crippen LogP) is 3.70. The Morgan fingerprint density at radius 3 is 2.43 bits per heavy atom. The van der Waals surface area contributed by atoms with E-state index in [1.165, 1.54) is 50.6 Å². The quantitative estimate of drug-likeness (QED) is 0.628. The van der Waals surface area contributed by atoms with Crippen molar-refractivity contribution in [2.75, 3.05) is 0 Å². The second kappa shape index (κ2) is 7.60. The third kappa shape index (κ3) is 5.05. The topological polar surface area (TPSA) is 28.7 Å². The Labute approximate surface area is 87.1 Å². The van der Waals surface area contributed by atoms with Crippen molar-refractivity contribution in [3.63, 3.8) is 0 Å². The van der Waals surface area contributed by atoms with Gasteiger partial charge in [0, 0.05) is 6.20 Å². The zero-order valence-corrected chi connectivity index (χ0v) is 9.26. The molecule has 0 aliphatic rings. The standard InChI is InChI=1S/C12H22N2/c1-2-3-4-5-6-7-8-9-12-10-13-11-14-12/h10-11H,2-9H2,1H3,(H,13,14). The number of rotatable bonds is 8. The summed E-state index contributed by atoms with van der Waals surface area (Å²) in [5.41, 5.74) is 1.21. The van der Waals surface area contributed by atoms with Crippen LogP contribution < -0.4 is 0 Å². The van der Waals surface area contributed by atoms with Gasteiger partial charge in [-0.15, -0.1) is 0 Å². The van der Waals surface area contributed by atoms with Crippen molar-refractivity contribution >= 4 is 0 Å². The number of nitrogens with one attached hydrogen (secondary N) is 1. The highest BCUT2D eigenvalue weighted by Gasteiger charge is 1.94. The summed E-state index contributed by atoms with van der Waals surface area (Å²) in [6.07, 6.45) is 14.5. The Hall–Kier alpha value is -0.790. The van der Waals surface area contributed by atoms with Gasteiger partial charge in [-0.3, -0.25) is 0 Å². The number of unbranched alkanes of at least 4 members (excludes halogenated alkanes) is 6. The maximum Gasteiger partial charge on any atom is 0.0923 e. The van der Waals surface area contributed by atoms with Crippen molar-refractivity contribution in [2.45, 2.75) is 58.3 Å². The summed E-state index contributed by atoms with van der Waals surface area (Å²) in [6.45, 7) is 2.26. The van der Waals surface area contributed by atoms with Crippen molar-refractivity contribution in [3.05, 3.63) is 18.2 Å². The van der Waals surface area contributed by atoms with E-state index < -0.39 is 0 Å². The van der Waals surface area contributed by atoms with E-state index in [1.807, 2.05) is 6.20 Å². The molecule has 14 heavy (non-hydrogen) atoms. The molecule has 0 radical (unpaired) electrons. The number of hydrogen-bond acceptors (Lipinski definition) is 1. The first kappa shape index (κ1) is 11.3. The molecule has 0 aliphatic carbocycles. The number of H-pyrrole nitrogens is 1. The highest BCUT2D eigenvalue weighted by molar-refractivity contribution is 4.93. The molecule has 1 aromatic rings. The minimum Gasteiger partial charge on any atom is -0.351 e. The fourth-order valence-electron chi connectivity index (χ4n) is 1.69. The lowest BCUT2D eigenvalue weighted by molar-refractivity contribution is 0.587. The van der Waals surface area contributed by atoms with Crippen LogP contribution in [0.25, 0.3) is 0 Å². The van der Waals surface area contributed by atoms with Gasteiger partial charge in [-0.2, -0.15) is 0 Å². The third-order valence-electron chi connectivity index (χ3n) is 2.59. The molecule has 0 saturated carbocycles. The van der Waals surface area contributed by atoms with Crippen LogP contribution in [0.3, 0.4) is 0 Å². The van der Waals surface area contributed by atoms with Gasteiger partial charge in [0.2, 0.25) is 0 Å². The molecule has 0 fully saturated rings. The van der Waals surface area contributed by atoms with E-state index in [4.69, 9.17) is 0 Å². The van der Waals surface area contributed by atoms with Gasteiger partial charge in [0.1, 0.15) is 0 Å². The molecule has 0 atom stereocenters. The zero-order chi connectivity index (χ0) is 10.1. The van der Waals surface area contributed by atoms with E-state index >= 15 is 0 Å². The lowest BCUT2D eigenvalue weighted by Crippen LogP contribution is -1.86. The third-order valence-corrected chi connectivity index (χ3v) is 2.59. The Bertz CT molecular complexity index is 204. The molecule has 0 saturated heterocycles. The first-order chi connectivity index (χ1) is 6.93. The molecule has 2 heteroatoms. The largest absolute Gasteiger partial charge is 0.351 e. The second-order valence-electron chi connectivity index (χ2n) is 3.93. The monoisotopic (exact) mass is 194 g/mol. The fourth-order valence-corrected chi connectivity index (χ4v) is 1.69. The average Bonchev–Trinajstić information content (AvgIpc) is 2.69. The van der Waals surface area contributed by atoms with E-state index in [0.29, 0.717) is 0 Å². The molecule has 0 aromatic carbocycles. The van der Waals surface area contributed by atoms with Gasteiger partial charge in [0.25, 0.3) is 0 Å². The van der Waals surface area contributed by atoms with Crippen molar-refractivity contribution in [1.29, 1.82) is 0 Å². The second-order valence-corrected chi connectivity index (χ2v) is 3.93. The molecule has 0 aliphatic heterocycles. The molecule has 1 rings (SSSR count). The van der Waals surface area contributed by atoms with Crippen molar-refractivity contribution in [1.82, 2.24) is 9.97 Å². The highest BCUT2D eigenvalue weighted by atomic mass is 14.9. The van der Waals surface area contributed by atoms with E-state index in [9.17, 15) is 0 Å². The normalized spacial score (nSPS) is 10.6. The van der Waals surface area contributed by atoms with Crippen molar-refractivity contribution in [3.8, 4) is 0 Å². The molecule has 80 valence electrons. The molecule has 1 N–H and O–H groups in total. The summed E-state index contributed by atoms with van der Waals surface area (Å²) >= 11 is 0. The number of nitrogens with zero attached hydrogens (tertiary/aromatic N) is 1. The first-order valence-corrected chi connectivity index (χ1v) is 5.91. The van der Waals surface area contributed by atoms with Gasteiger partial charge in [-0.05, 0) is 12.8 Å². The van der Waals surface area contributed by atoms with Crippen LogP contribution in [0, 0.1) is 0 Å². The Morgan fingerprint density at radius 2 is 1.79 bits per heavy atom. The lowest BCUT2D eigenvalue weighted by Gasteiger charge is -1.99. The first-order valence-electron chi connectivity index (χ1n) is 5.91. The number of imidazole rings is 1. The summed E-state index contributed by atoms with van der Waals surface area (Å²) in [4.78, 5) is 7.20. The fraction of sp³-hybridized carbons (Fsp3) is 0.750. The van der Waals surface area contributed by atoms with Crippen LogP contribution in [0.5, 0.6) is 0 Å². The van der Waals surface area contributed by atoms with E-state index in [0.717, 1.165) is 6.42 Å². The molecule has 0 unspecified atom stereocenters. The number of aromatic amines is 1. The van der Waals surface area contributed by atoms with Crippen LogP contribution in [0.2, 0.25) is 0 Å². The van der Waals surface area contributed by atoms with Crippen LogP contribution in [0.15, 0.2) is 12.5 Å². The highest BCUT2D eigenvalue weighted by Crippen LogP contribution is 2.08. The van der Waals surface area contributed by atoms with Gasteiger partial charge >= 0.3 is 0 Å². The maximum atomic E-state index is 4.21. The van der Waals surface area contributed by atoms with Crippen LogP contribution in [0.1, 0.15) is 57.6 Å². The molecular formula is C12H22N2. The van der Waals surface area contributed by atoms with Gasteiger partial charge in [0.15, 0.2) is 0 Å². The van der Waals surface area contributed by atoms with E-state index in [-0.39, 0.29) is 0 Å². The van der Waals surface area contributed by atoms with Gasteiger partial charge in [-0.1, -0.05) is 45.4 Å². The molecule has 1 aromatic heterocycles. The summed E-state index contributed by atoms with van der Waals surface area (Å²) in [5.74, 6) is 0. The maximum absolute atomic E-state index is 4.21. The van der Waals surface area contributed by atoms with Crippen LogP contribution in [-0.2, 0) is 6.42 Å². The lowest BCUT2D eigenvalue weighted by atomic mass is 10.1. The van der Waals surface area contributed by atoms with Crippen LogP contribution in [0.4, 0.5) is 0 Å². The molecular weight excluding hydrogens is 172 g/mol. The Kier molecular flexibility index (Phi) is 6.13. The van der Waals surface area contributed by atoms with Gasteiger partial charge in [-0.25, -0.2) is 4.98 Å². The smallest absolute Gasteiger partial charge is 0.0923 e. The molecule has 0 amide bonds. The Morgan fingerprint density at radius 1 is 1.07 bits per heavy atom. The van der Waals surface area contributed by atoms with Crippen molar-refractivity contribution < 1.29 is 0 Å². The van der Waals surface area contributed by atoms with Crippen LogP contribution >= 0.6 is 0 Å². The molecule has 2 nitrogen and oxygen atoms in total. The predicted molar refractivity (Wildman–Crippen MR) is 60.3 cm³/mol. The molecule has 0 bridgehead atoms. The summed E-state index contributed by atoms with van der Waals surface area (Å²) < 4.78 is 0. The zero-order valence-electron chi connectivity index (χ0n) is 9.26. The summed E-state index contributed by atoms with van der Waals surface area (Å²) in [5, 5.41) is 0. The molecule has 1 heterocycles. The van der Waals surface area contributed by atoms with Crippen molar-refractivity contribution in [2.24, 2.45) is 0 Å². The minimum absolute atomic E-state index is 1.14. The number of aromatic nitrogens is 2. The molecule has 0 spiro atoms.